The number of amides is 3. The third kappa shape index (κ3) is 12.5. The van der Waals surface area contributed by atoms with Gasteiger partial charge in [-0.2, -0.15) is 0 Å². The van der Waals surface area contributed by atoms with Crippen LogP contribution >= 0.6 is 0 Å². The van der Waals surface area contributed by atoms with Gasteiger partial charge in [-0.3, -0.25) is 28.8 Å². The van der Waals surface area contributed by atoms with Crippen molar-refractivity contribution in [2.75, 3.05) is 26.2 Å². The molecule has 9 nitrogen and oxygen atoms in total. The van der Waals surface area contributed by atoms with E-state index in [0.29, 0.717) is 0 Å². The molecule has 0 aromatic carbocycles. The van der Waals surface area contributed by atoms with Gasteiger partial charge in [0.15, 0.2) is 0 Å². The summed E-state index contributed by atoms with van der Waals surface area (Å²) in [6.07, 6.45) is -0.742. The minimum atomic E-state index is -0.443. The van der Waals surface area contributed by atoms with Crippen LogP contribution in [0.2, 0.25) is 0 Å². The molecule has 0 fully saturated rings. The summed E-state index contributed by atoms with van der Waals surface area (Å²) >= 11 is 0. The fourth-order valence-corrected chi connectivity index (χ4v) is 1.92. The summed E-state index contributed by atoms with van der Waals surface area (Å²) in [5.41, 5.74) is 0. The van der Waals surface area contributed by atoms with Crippen molar-refractivity contribution < 1.29 is 28.8 Å². The van der Waals surface area contributed by atoms with E-state index in [1.54, 1.807) is 0 Å². The Morgan fingerprint density at radius 2 is 1.00 bits per heavy atom. The van der Waals surface area contributed by atoms with Crippen molar-refractivity contribution >= 4 is 35.1 Å². The molecule has 0 aliphatic rings. The number of nitrogens with one attached hydrogen (secondary N) is 2. The van der Waals surface area contributed by atoms with Gasteiger partial charge in [0.1, 0.15) is 17.3 Å². The van der Waals surface area contributed by atoms with E-state index in [1.807, 2.05) is 0 Å². The first-order valence-corrected chi connectivity index (χ1v) is 7.91. The van der Waals surface area contributed by atoms with Crippen LogP contribution in [0.1, 0.15) is 40.0 Å². The Hall–Kier alpha value is -2.58. The molecular weight excluding hydrogens is 330 g/mol. The number of carbonyl (C=O) groups excluding carboxylic acids is 6. The summed E-state index contributed by atoms with van der Waals surface area (Å²) in [6.45, 7) is 4.41. The Morgan fingerprint density at radius 3 is 1.32 bits per heavy atom. The Balaban J connectivity index is 4.45. The molecule has 0 radical (unpaired) electrons. The molecule has 0 aliphatic carbocycles. The van der Waals surface area contributed by atoms with Gasteiger partial charge in [0.2, 0.25) is 17.7 Å². The fourth-order valence-electron chi connectivity index (χ4n) is 1.92. The number of carbonyl (C=O) groups is 6. The molecule has 0 saturated carbocycles. The highest BCUT2D eigenvalue weighted by atomic mass is 16.2. The first-order chi connectivity index (χ1) is 11.6. The fraction of sp³-hybridized carbons (Fsp3) is 0.625. The standard InChI is InChI=1S/C16H25N3O6/c1-11(20)8-14(23)17-4-6-19(16(25)10-13(3)22)7-5-18-15(24)9-12(2)21/h4-10H2,1-3H3,(H,17,23)(H,18,24). The molecule has 0 aromatic heterocycles. The van der Waals surface area contributed by atoms with E-state index in [2.05, 4.69) is 10.6 Å². The monoisotopic (exact) mass is 355 g/mol. The quantitative estimate of drug-likeness (QED) is 0.431. The summed E-state index contributed by atoms with van der Waals surface area (Å²) in [6, 6.07) is 0. The summed E-state index contributed by atoms with van der Waals surface area (Å²) in [7, 11) is 0. The van der Waals surface area contributed by atoms with Crippen molar-refractivity contribution in [2.24, 2.45) is 0 Å². The van der Waals surface area contributed by atoms with Gasteiger partial charge in [-0.1, -0.05) is 0 Å². The maximum atomic E-state index is 12.0. The van der Waals surface area contributed by atoms with Gasteiger partial charge in [-0.25, -0.2) is 0 Å². The molecule has 2 N–H and O–H groups in total. The van der Waals surface area contributed by atoms with Crippen molar-refractivity contribution in [1.82, 2.24) is 15.5 Å². The van der Waals surface area contributed by atoms with Gasteiger partial charge >= 0.3 is 0 Å². The molecule has 0 aliphatic heterocycles. The predicted molar refractivity (Wildman–Crippen MR) is 88.5 cm³/mol. The second-order valence-electron chi connectivity index (χ2n) is 5.72. The van der Waals surface area contributed by atoms with Crippen LogP contribution in [0.4, 0.5) is 0 Å². The molecule has 25 heavy (non-hydrogen) atoms. The first-order valence-electron chi connectivity index (χ1n) is 7.91. The predicted octanol–water partition coefficient (Wildman–Crippen LogP) is -1.02. The molecule has 0 bridgehead atoms. The van der Waals surface area contributed by atoms with E-state index >= 15 is 0 Å². The SMILES string of the molecule is CC(=O)CC(=O)NCCN(CCNC(=O)CC(C)=O)C(=O)CC(C)=O. The molecule has 0 rings (SSSR count). The van der Waals surface area contributed by atoms with Crippen LogP contribution < -0.4 is 10.6 Å². The molecule has 0 heterocycles. The highest BCUT2D eigenvalue weighted by Crippen LogP contribution is 1.95. The molecule has 3 amide bonds. The van der Waals surface area contributed by atoms with Gasteiger partial charge < -0.3 is 15.5 Å². The minimum Gasteiger partial charge on any atom is -0.354 e. The maximum absolute atomic E-state index is 12.0. The van der Waals surface area contributed by atoms with Crippen LogP contribution in [0.5, 0.6) is 0 Å². The third-order valence-electron chi connectivity index (χ3n) is 2.98. The Labute approximate surface area is 146 Å². The van der Waals surface area contributed by atoms with Crippen molar-refractivity contribution in [2.45, 2.75) is 40.0 Å². The smallest absolute Gasteiger partial charge is 0.230 e. The number of ketones is 3. The Bertz CT molecular complexity index is 510. The second-order valence-corrected chi connectivity index (χ2v) is 5.72. The highest BCUT2D eigenvalue weighted by molar-refractivity contribution is 5.98. The topological polar surface area (TPSA) is 130 Å². The lowest BCUT2D eigenvalue weighted by atomic mass is 10.2. The van der Waals surface area contributed by atoms with Crippen LogP contribution in [-0.2, 0) is 28.8 Å². The van der Waals surface area contributed by atoms with E-state index in [9.17, 15) is 28.8 Å². The van der Waals surface area contributed by atoms with Crippen molar-refractivity contribution in [3.63, 3.8) is 0 Å². The van der Waals surface area contributed by atoms with Crippen molar-refractivity contribution in [1.29, 1.82) is 0 Å². The zero-order chi connectivity index (χ0) is 19.4. The zero-order valence-corrected chi connectivity index (χ0v) is 14.8. The Morgan fingerprint density at radius 1 is 0.640 bits per heavy atom. The van der Waals surface area contributed by atoms with E-state index in [-0.39, 0.29) is 62.8 Å². The van der Waals surface area contributed by atoms with Crippen LogP contribution in [-0.4, -0.2) is 66.2 Å². The van der Waals surface area contributed by atoms with Crippen molar-refractivity contribution in [3.05, 3.63) is 0 Å². The number of Topliss-reactive ketones (excluding diaryl/α,β-unsaturated/α-hetero) is 3. The normalized spacial score (nSPS) is 9.88. The van der Waals surface area contributed by atoms with E-state index in [1.165, 1.54) is 25.7 Å². The van der Waals surface area contributed by atoms with Gasteiger partial charge in [0.25, 0.3) is 0 Å². The van der Waals surface area contributed by atoms with Crippen LogP contribution in [0.25, 0.3) is 0 Å². The number of rotatable bonds is 12. The average Bonchev–Trinajstić information content (AvgIpc) is 2.43. The zero-order valence-electron chi connectivity index (χ0n) is 14.8. The lowest BCUT2D eigenvalue weighted by Gasteiger charge is -2.22. The van der Waals surface area contributed by atoms with Gasteiger partial charge in [-0.15, -0.1) is 0 Å². The van der Waals surface area contributed by atoms with E-state index in [0.717, 1.165) is 0 Å². The molecule has 0 saturated heterocycles. The van der Waals surface area contributed by atoms with E-state index < -0.39 is 17.7 Å². The lowest BCUT2D eigenvalue weighted by Crippen LogP contribution is -2.43. The summed E-state index contributed by atoms with van der Waals surface area (Å²) in [5.74, 6) is -2.14. The average molecular weight is 355 g/mol. The highest BCUT2D eigenvalue weighted by Gasteiger charge is 2.16. The summed E-state index contributed by atoms with van der Waals surface area (Å²) in [4.78, 5) is 69.0. The van der Waals surface area contributed by atoms with E-state index in [4.69, 9.17) is 0 Å². The molecule has 0 unspecified atom stereocenters. The van der Waals surface area contributed by atoms with Gasteiger partial charge in [0.05, 0.1) is 19.3 Å². The van der Waals surface area contributed by atoms with Crippen molar-refractivity contribution in [3.8, 4) is 0 Å². The van der Waals surface area contributed by atoms with Crippen LogP contribution in [0.3, 0.4) is 0 Å². The molecular formula is C16H25N3O6. The molecule has 0 spiro atoms. The summed E-state index contributed by atoms with van der Waals surface area (Å²) < 4.78 is 0. The number of hydrogen-bond acceptors (Lipinski definition) is 6. The Kier molecular flexibility index (Phi) is 10.7. The molecule has 9 heteroatoms. The molecule has 0 aromatic rings. The van der Waals surface area contributed by atoms with Crippen LogP contribution in [0, 0.1) is 0 Å². The van der Waals surface area contributed by atoms with Gasteiger partial charge in [0, 0.05) is 26.2 Å². The van der Waals surface area contributed by atoms with Crippen LogP contribution in [0.15, 0.2) is 0 Å². The van der Waals surface area contributed by atoms with Gasteiger partial charge in [-0.05, 0) is 20.8 Å². The third-order valence-corrected chi connectivity index (χ3v) is 2.98. The molecule has 0 atom stereocenters. The summed E-state index contributed by atoms with van der Waals surface area (Å²) in [5, 5.41) is 5.01. The largest absolute Gasteiger partial charge is 0.354 e. The number of nitrogens with zero attached hydrogens (tertiary/aromatic N) is 1. The maximum Gasteiger partial charge on any atom is 0.230 e. The number of hydrogen-bond donors (Lipinski definition) is 2. The first kappa shape index (κ1) is 22.4. The molecule has 140 valence electrons. The lowest BCUT2D eigenvalue weighted by molar-refractivity contribution is -0.136. The second kappa shape index (κ2) is 11.9. The minimum absolute atomic E-state index is 0.122.